The molecule has 0 spiro atoms. The molecule has 3 amide bonds. The maximum Gasteiger partial charge on any atom is 0.318 e. The Morgan fingerprint density at radius 1 is 1.41 bits per heavy atom. The SMILES string of the molecule is Cc1c(F)cccc1NC(C)C(=O)NC(N)=O. The van der Waals surface area contributed by atoms with Crippen LogP contribution in [-0.4, -0.2) is 18.0 Å². The molecule has 0 saturated heterocycles. The minimum absolute atomic E-state index is 0.363. The van der Waals surface area contributed by atoms with Crippen LogP contribution in [0.2, 0.25) is 0 Å². The number of carbonyl (C=O) groups excluding carboxylic acids is 2. The molecule has 17 heavy (non-hydrogen) atoms. The molecule has 1 aromatic carbocycles. The second kappa shape index (κ2) is 5.29. The van der Waals surface area contributed by atoms with Crippen molar-refractivity contribution in [2.24, 2.45) is 5.73 Å². The molecular formula is C11H14FN3O2. The first kappa shape index (κ1) is 13.0. The molecular weight excluding hydrogens is 225 g/mol. The van der Waals surface area contributed by atoms with Crippen molar-refractivity contribution < 1.29 is 14.0 Å². The quantitative estimate of drug-likeness (QED) is 0.739. The highest BCUT2D eigenvalue weighted by Gasteiger charge is 2.15. The predicted octanol–water partition coefficient (Wildman–Crippen LogP) is 1.13. The lowest BCUT2D eigenvalue weighted by molar-refractivity contribution is -0.120. The van der Waals surface area contributed by atoms with E-state index in [-0.39, 0.29) is 5.82 Å². The van der Waals surface area contributed by atoms with Crippen LogP contribution in [0, 0.1) is 12.7 Å². The van der Waals surface area contributed by atoms with E-state index < -0.39 is 18.0 Å². The summed E-state index contributed by atoms with van der Waals surface area (Å²) < 4.78 is 13.2. The first-order chi connectivity index (χ1) is 7.91. The summed E-state index contributed by atoms with van der Waals surface area (Å²) in [5.74, 6) is -0.932. The number of urea groups is 1. The molecule has 92 valence electrons. The standard InChI is InChI=1S/C11H14FN3O2/c1-6-8(12)4-3-5-9(6)14-7(2)10(16)15-11(13)17/h3-5,7,14H,1-2H3,(H3,13,15,16,17). The number of halogens is 1. The van der Waals surface area contributed by atoms with Gasteiger partial charge in [-0.3, -0.25) is 10.1 Å². The number of primary amides is 1. The maximum atomic E-state index is 13.2. The lowest BCUT2D eigenvalue weighted by atomic mass is 10.1. The van der Waals surface area contributed by atoms with E-state index >= 15 is 0 Å². The Morgan fingerprint density at radius 2 is 2.06 bits per heavy atom. The molecule has 0 radical (unpaired) electrons. The third kappa shape index (κ3) is 3.44. The molecule has 5 nitrogen and oxygen atoms in total. The number of anilines is 1. The Kier molecular flexibility index (Phi) is 4.03. The first-order valence-corrected chi connectivity index (χ1v) is 5.03. The highest BCUT2D eigenvalue weighted by molar-refractivity contribution is 5.97. The van der Waals surface area contributed by atoms with E-state index in [4.69, 9.17) is 5.73 Å². The van der Waals surface area contributed by atoms with E-state index in [0.717, 1.165) is 0 Å². The Morgan fingerprint density at radius 3 is 2.65 bits per heavy atom. The van der Waals surface area contributed by atoms with Gasteiger partial charge in [0.05, 0.1) is 0 Å². The van der Waals surface area contributed by atoms with Crippen LogP contribution in [0.1, 0.15) is 12.5 Å². The molecule has 4 N–H and O–H groups in total. The summed E-state index contributed by atoms with van der Waals surface area (Å²) >= 11 is 0. The molecule has 1 unspecified atom stereocenters. The lowest BCUT2D eigenvalue weighted by Gasteiger charge is -2.15. The largest absolute Gasteiger partial charge is 0.374 e. The minimum atomic E-state index is -0.917. The van der Waals surface area contributed by atoms with Crippen LogP contribution in [-0.2, 0) is 4.79 Å². The van der Waals surface area contributed by atoms with E-state index in [0.29, 0.717) is 11.3 Å². The average molecular weight is 239 g/mol. The molecule has 0 aromatic heterocycles. The lowest BCUT2D eigenvalue weighted by Crippen LogP contribution is -2.43. The van der Waals surface area contributed by atoms with Gasteiger partial charge in [-0.05, 0) is 26.0 Å². The van der Waals surface area contributed by atoms with Gasteiger partial charge in [0, 0.05) is 11.3 Å². The van der Waals surface area contributed by atoms with Crippen molar-refractivity contribution in [2.45, 2.75) is 19.9 Å². The molecule has 0 saturated carbocycles. The van der Waals surface area contributed by atoms with Crippen molar-refractivity contribution >= 4 is 17.6 Å². The average Bonchev–Trinajstić information content (AvgIpc) is 2.23. The summed E-state index contributed by atoms with van der Waals surface area (Å²) in [6, 6.07) is 2.90. The molecule has 0 aliphatic carbocycles. The van der Waals surface area contributed by atoms with E-state index in [1.165, 1.54) is 12.1 Å². The van der Waals surface area contributed by atoms with Crippen molar-refractivity contribution in [2.75, 3.05) is 5.32 Å². The van der Waals surface area contributed by atoms with Gasteiger partial charge in [-0.15, -0.1) is 0 Å². The number of imide groups is 1. The predicted molar refractivity (Wildman–Crippen MR) is 61.9 cm³/mol. The molecule has 6 heteroatoms. The summed E-state index contributed by atoms with van der Waals surface area (Å²) in [4.78, 5) is 21.9. The zero-order chi connectivity index (χ0) is 13.0. The minimum Gasteiger partial charge on any atom is -0.374 e. The highest BCUT2D eigenvalue weighted by Crippen LogP contribution is 2.18. The topological polar surface area (TPSA) is 84.2 Å². The molecule has 0 bridgehead atoms. The second-order valence-electron chi connectivity index (χ2n) is 3.63. The van der Waals surface area contributed by atoms with Crippen LogP contribution < -0.4 is 16.4 Å². The Balaban J connectivity index is 2.74. The number of amides is 3. The van der Waals surface area contributed by atoms with E-state index in [1.54, 1.807) is 19.9 Å². The smallest absolute Gasteiger partial charge is 0.318 e. The number of nitrogens with one attached hydrogen (secondary N) is 2. The van der Waals surface area contributed by atoms with Crippen molar-refractivity contribution in [1.29, 1.82) is 0 Å². The van der Waals surface area contributed by atoms with E-state index in [9.17, 15) is 14.0 Å². The second-order valence-corrected chi connectivity index (χ2v) is 3.63. The van der Waals surface area contributed by atoms with Crippen molar-refractivity contribution in [3.8, 4) is 0 Å². The number of hydrogen-bond donors (Lipinski definition) is 3. The Labute approximate surface area is 98.2 Å². The van der Waals surface area contributed by atoms with Crippen LogP contribution in [0.5, 0.6) is 0 Å². The van der Waals surface area contributed by atoms with E-state index in [2.05, 4.69) is 5.32 Å². The molecule has 0 heterocycles. The van der Waals surface area contributed by atoms with Gasteiger partial charge in [-0.2, -0.15) is 0 Å². The van der Waals surface area contributed by atoms with Gasteiger partial charge in [-0.25, -0.2) is 9.18 Å². The van der Waals surface area contributed by atoms with Gasteiger partial charge in [0.25, 0.3) is 0 Å². The normalized spacial score (nSPS) is 11.7. The molecule has 0 fully saturated rings. The van der Waals surface area contributed by atoms with Gasteiger partial charge in [0.1, 0.15) is 11.9 Å². The summed E-state index contributed by atoms with van der Waals surface area (Å²) in [6.45, 7) is 3.14. The first-order valence-electron chi connectivity index (χ1n) is 5.03. The Bertz CT molecular complexity index is 448. The number of rotatable bonds is 3. The molecule has 1 rings (SSSR count). The summed E-state index contributed by atoms with van der Waals surface area (Å²) in [6.07, 6.45) is 0. The summed E-state index contributed by atoms with van der Waals surface area (Å²) in [7, 11) is 0. The zero-order valence-corrected chi connectivity index (χ0v) is 9.58. The number of nitrogens with two attached hydrogens (primary N) is 1. The van der Waals surface area contributed by atoms with E-state index in [1.807, 2.05) is 5.32 Å². The van der Waals surface area contributed by atoms with Gasteiger partial charge in [0.2, 0.25) is 5.91 Å². The molecule has 1 aromatic rings. The van der Waals surface area contributed by atoms with Crippen LogP contribution in [0.25, 0.3) is 0 Å². The van der Waals surface area contributed by atoms with Crippen LogP contribution in [0.3, 0.4) is 0 Å². The zero-order valence-electron chi connectivity index (χ0n) is 9.58. The number of carbonyl (C=O) groups is 2. The van der Waals surface area contributed by atoms with Gasteiger partial charge < -0.3 is 11.1 Å². The fourth-order valence-electron chi connectivity index (χ4n) is 1.29. The Hall–Kier alpha value is -2.11. The fourth-order valence-corrected chi connectivity index (χ4v) is 1.29. The summed E-state index contributed by atoms with van der Waals surface area (Å²) in [5.41, 5.74) is 5.73. The van der Waals surface area contributed by atoms with Crippen LogP contribution in [0.15, 0.2) is 18.2 Å². The summed E-state index contributed by atoms with van der Waals surface area (Å²) in [5, 5.41) is 4.74. The number of benzene rings is 1. The number of hydrogen-bond acceptors (Lipinski definition) is 3. The maximum absolute atomic E-state index is 13.2. The van der Waals surface area contributed by atoms with Crippen LogP contribution >= 0.6 is 0 Å². The third-order valence-electron chi connectivity index (χ3n) is 2.28. The van der Waals surface area contributed by atoms with Crippen LogP contribution in [0.4, 0.5) is 14.9 Å². The molecule has 0 aliphatic heterocycles. The van der Waals surface area contributed by atoms with Crippen molar-refractivity contribution in [3.63, 3.8) is 0 Å². The van der Waals surface area contributed by atoms with Crippen molar-refractivity contribution in [1.82, 2.24) is 5.32 Å². The van der Waals surface area contributed by atoms with Gasteiger partial charge in [-0.1, -0.05) is 6.07 Å². The molecule has 0 aliphatic rings. The molecule has 1 atom stereocenters. The monoisotopic (exact) mass is 239 g/mol. The van der Waals surface area contributed by atoms with Crippen molar-refractivity contribution in [3.05, 3.63) is 29.6 Å². The third-order valence-corrected chi connectivity index (χ3v) is 2.28. The van der Waals surface area contributed by atoms with Gasteiger partial charge >= 0.3 is 6.03 Å². The fraction of sp³-hybridized carbons (Fsp3) is 0.273. The highest BCUT2D eigenvalue weighted by atomic mass is 19.1. The van der Waals surface area contributed by atoms with Gasteiger partial charge in [0.15, 0.2) is 0 Å².